The van der Waals surface area contributed by atoms with E-state index in [2.05, 4.69) is 0 Å². The fourth-order valence-electron chi connectivity index (χ4n) is 2.63. The summed E-state index contributed by atoms with van der Waals surface area (Å²) in [7, 11) is 0. The first-order chi connectivity index (χ1) is 11.3. The van der Waals surface area contributed by atoms with Gasteiger partial charge in [-0.2, -0.15) is 0 Å². The van der Waals surface area contributed by atoms with Gasteiger partial charge in [-0.15, -0.1) is 0 Å². The lowest BCUT2D eigenvalue weighted by Gasteiger charge is -2.35. The van der Waals surface area contributed by atoms with Crippen LogP contribution in [0.5, 0.6) is 17.2 Å². The van der Waals surface area contributed by atoms with E-state index >= 15 is 0 Å². The van der Waals surface area contributed by atoms with Crippen molar-refractivity contribution in [3.63, 3.8) is 0 Å². The molecule has 0 amide bonds. The number of rotatable bonds is 2. The molecule has 24 heavy (non-hydrogen) atoms. The van der Waals surface area contributed by atoms with Crippen LogP contribution in [0.3, 0.4) is 0 Å². The van der Waals surface area contributed by atoms with Gasteiger partial charge < -0.3 is 20.1 Å². The fourth-order valence-corrected chi connectivity index (χ4v) is 2.63. The average Bonchev–Trinajstić information content (AvgIpc) is 2.58. The standard InChI is InChI=1S/C14H20FNO4.2C2H6/c1-7-4-16(5-8(2)20-7)6-10-13(18)11(15)9(3)12(17)14(10)19;2*1-2/h7-8,17-19H,4-6H2,1-3H3;2*1-2H3. The van der Waals surface area contributed by atoms with Crippen LogP contribution in [-0.2, 0) is 11.3 Å². The van der Waals surface area contributed by atoms with Crippen molar-refractivity contribution < 1.29 is 24.4 Å². The number of ether oxygens (including phenoxy) is 1. The highest BCUT2D eigenvalue weighted by Gasteiger charge is 2.27. The lowest BCUT2D eigenvalue weighted by Crippen LogP contribution is -2.44. The number of nitrogens with zero attached hydrogens (tertiary/aromatic N) is 1. The molecule has 0 spiro atoms. The second-order valence-electron chi connectivity index (χ2n) is 5.41. The zero-order chi connectivity index (χ0) is 19.0. The molecule has 0 saturated carbocycles. The summed E-state index contributed by atoms with van der Waals surface area (Å²) in [6.45, 7) is 14.5. The molecule has 1 aromatic rings. The van der Waals surface area contributed by atoms with Crippen LogP contribution in [0.25, 0.3) is 0 Å². The average molecular weight is 345 g/mol. The maximum Gasteiger partial charge on any atom is 0.172 e. The predicted octanol–water partition coefficient (Wildman–Crippen LogP) is 3.91. The Labute approximate surface area is 144 Å². The SMILES string of the molecule is CC.CC.Cc1c(O)c(O)c(CN2CC(C)OC(C)C2)c(O)c1F. The summed E-state index contributed by atoms with van der Waals surface area (Å²) in [4.78, 5) is 1.95. The van der Waals surface area contributed by atoms with Gasteiger partial charge in [0, 0.05) is 25.2 Å². The normalized spacial score (nSPS) is 20.5. The zero-order valence-electron chi connectivity index (χ0n) is 15.9. The van der Waals surface area contributed by atoms with E-state index in [1.807, 2.05) is 46.4 Å². The largest absolute Gasteiger partial charge is 0.504 e. The minimum absolute atomic E-state index is 0.00639. The van der Waals surface area contributed by atoms with Gasteiger partial charge in [-0.1, -0.05) is 27.7 Å². The second-order valence-corrected chi connectivity index (χ2v) is 5.41. The number of aromatic hydroxyl groups is 3. The molecule has 0 aromatic heterocycles. The fraction of sp³-hybridized carbons (Fsp3) is 0.667. The van der Waals surface area contributed by atoms with Crippen LogP contribution in [-0.4, -0.2) is 45.5 Å². The van der Waals surface area contributed by atoms with Crippen LogP contribution in [0.1, 0.15) is 52.7 Å². The molecule has 2 unspecified atom stereocenters. The maximum absolute atomic E-state index is 13.8. The Balaban J connectivity index is 0.00000123. The van der Waals surface area contributed by atoms with Crippen molar-refractivity contribution in [1.82, 2.24) is 4.90 Å². The van der Waals surface area contributed by atoms with Crippen LogP contribution >= 0.6 is 0 Å². The molecule has 6 heteroatoms. The Morgan fingerprint density at radius 1 is 0.958 bits per heavy atom. The summed E-state index contributed by atoms with van der Waals surface area (Å²) in [6, 6.07) is 0. The molecule has 0 radical (unpaired) electrons. The zero-order valence-corrected chi connectivity index (χ0v) is 15.9. The number of phenols is 3. The van der Waals surface area contributed by atoms with E-state index < -0.39 is 23.1 Å². The van der Waals surface area contributed by atoms with Gasteiger partial charge in [0.25, 0.3) is 0 Å². The Morgan fingerprint density at radius 3 is 1.88 bits per heavy atom. The first kappa shape index (κ1) is 22.5. The smallest absolute Gasteiger partial charge is 0.172 e. The summed E-state index contributed by atoms with van der Waals surface area (Å²) in [5, 5.41) is 29.4. The number of benzene rings is 1. The van der Waals surface area contributed by atoms with Crippen molar-refractivity contribution in [2.24, 2.45) is 0 Å². The number of halogens is 1. The molecule has 1 saturated heterocycles. The van der Waals surface area contributed by atoms with Crippen molar-refractivity contribution in [3.05, 3.63) is 16.9 Å². The van der Waals surface area contributed by atoms with Crippen LogP contribution in [0.4, 0.5) is 4.39 Å². The topological polar surface area (TPSA) is 73.2 Å². The molecule has 1 aromatic carbocycles. The van der Waals surface area contributed by atoms with Gasteiger partial charge in [0.05, 0.1) is 17.8 Å². The van der Waals surface area contributed by atoms with Crippen molar-refractivity contribution in [3.8, 4) is 17.2 Å². The quantitative estimate of drug-likeness (QED) is 0.560. The monoisotopic (exact) mass is 345 g/mol. The van der Waals surface area contributed by atoms with Crippen molar-refractivity contribution in [2.75, 3.05) is 13.1 Å². The number of hydrogen-bond donors (Lipinski definition) is 3. The van der Waals surface area contributed by atoms with E-state index in [0.29, 0.717) is 13.1 Å². The molecule has 0 bridgehead atoms. The first-order valence-electron chi connectivity index (χ1n) is 8.60. The van der Waals surface area contributed by atoms with E-state index in [1.54, 1.807) is 0 Å². The summed E-state index contributed by atoms with van der Waals surface area (Å²) in [5.41, 5.74) is -0.153. The van der Waals surface area contributed by atoms with E-state index in [0.717, 1.165) is 0 Å². The molecule has 1 aliphatic rings. The molecule has 1 fully saturated rings. The van der Waals surface area contributed by atoms with E-state index in [9.17, 15) is 19.7 Å². The second kappa shape index (κ2) is 10.4. The maximum atomic E-state index is 13.8. The van der Waals surface area contributed by atoms with E-state index in [1.165, 1.54) is 6.92 Å². The molecule has 0 aliphatic carbocycles. The van der Waals surface area contributed by atoms with Crippen LogP contribution in [0.2, 0.25) is 0 Å². The van der Waals surface area contributed by atoms with Gasteiger partial charge in [0.15, 0.2) is 23.1 Å². The van der Waals surface area contributed by atoms with Crippen molar-refractivity contribution >= 4 is 0 Å². The van der Waals surface area contributed by atoms with Gasteiger partial charge >= 0.3 is 0 Å². The van der Waals surface area contributed by atoms with Gasteiger partial charge in [-0.25, -0.2) is 4.39 Å². The highest BCUT2D eigenvalue weighted by molar-refractivity contribution is 5.56. The lowest BCUT2D eigenvalue weighted by atomic mass is 10.1. The molecule has 5 nitrogen and oxygen atoms in total. The predicted molar refractivity (Wildman–Crippen MR) is 94.1 cm³/mol. The molecule has 1 heterocycles. The summed E-state index contributed by atoms with van der Waals surface area (Å²) < 4.78 is 19.4. The Hall–Kier alpha value is -1.53. The van der Waals surface area contributed by atoms with Crippen molar-refractivity contribution in [1.29, 1.82) is 0 Å². The third-order valence-corrected chi connectivity index (χ3v) is 3.57. The first-order valence-corrected chi connectivity index (χ1v) is 8.60. The van der Waals surface area contributed by atoms with Crippen LogP contribution in [0.15, 0.2) is 0 Å². The van der Waals surface area contributed by atoms with Crippen LogP contribution in [0, 0.1) is 12.7 Å². The minimum atomic E-state index is -0.898. The molecule has 2 rings (SSSR count). The molecule has 1 aliphatic heterocycles. The third kappa shape index (κ3) is 5.24. The van der Waals surface area contributed by atoms with E-state index in [4.69, 9.17) is 4.74 Å². The van der Waals surface area contributed by atoms with E-state index in [-0.39, 0.29) is 29.9 Å². The number of morpholine rings is 1. The van der Waals surface area contributed by atoms with Gasteiger partial charge in [0.1, 0.15) is 0 Å². The van der Waals surface area contributed by atoms with Crippen LogP contribution < -0.4 is 0 Å². The number of phenolic OH excluding ortho intramolecular Hbond substituents is 3. The van der Waals surface area contributed by atoms with Gasteiger partial charge in [-0.3, -0.25) is 4.90 Å². The van der Waals surface area contributed by atoms with Gasteiger partial charge in [0.2, 0.25) is 0 Å². The molecular formula is C18H32FNO4. The third-order valence-electron chi connectivity index (χ3n) is 3.57. The summed E-state index contributed by atoms with van der Waals surface area (Å²) in [6.07, 6.45) is 0.0406. The Bertz CT molecular complexity index is 483. The van der Waals surface area contributed by atoms with Gasteiger partial charge in [-0.05, 0) is 20.8 Å². The Kier molecular flexibility index (Phi) is 9.70. The highest BCUT2D eigenvalue weighted by Crippen LogP contribution is 2.41. The number of hydrogen-bond acceptors (Lipinski definition) is 5. The minimum Gasteiger partial charge on any atom is -0.504 e. The highest BCUT2D eigenvalue weighted by atomic mass is 19.1. The Morgan fingerprint density at radius 2 is 1.42 bits per heavy atom. The molecule has 2 atom stereocenters. The summed E-state index contributed by atoms with van der Waals surface area (Å²) >= 11 is 0. The molecule has 3 N–H and O–H groups in total. The summed E-state index contributed by atoms with van der Waals surface area (Å²) in [5.74, 6) is -2.49. The molecular weight excluding hydrogens is 313 g/mol. The molecule has 140 valence electrons. The lowest BCUT2D eigenvalue weighted by molar-refractivity contribution is -0.0707. The van der Waals surface area contributed by atoms with Crippen molar-refractivity contribution in [2.45, 2.75) is 67.2 Å².